The number of hydrogen-bond donors (Lipinski definition) is 2. The molecule has 0 aliphatic heterocycles. The first-order valence-corrected chi connectivity index (χ1v) is 8.06. The predicted molar refractivity (Wildman–Crippen MR) is 94.2 cm³/mol. The van der Waals surface area contributed by atoms with Gasteiger partial charge in [-0.15, -0.1) is 0 Å². The Bertz CT molecular complexity index is 235. The summed E-state index contributed by atoms with van der Waals surface area (Å²) in [6.45, 7) is 0. The summed E-state index contributed by atoms with van der Waals surface area (Å²) in [6.07, 6.45) is 14.1. The zero-order valence-corrected chi connectivity index (χ0v) is 12.6. The third-order valence-corrected chi connectivity index (χ3v) is 3.53. The van der Waals surface area contributed by atoms with Gasteiger partial charge in [-0.1, -0.05) is 64.2 Å². The van der Waals surface area contributed by atoms with Gasteiger partial charge in [0.15, 0.2) is 0 Å². The van der Waals surface area contributed by atoms with Crippen LogP contribution >= 0.6 is 0 Å². The Hall–Kier alpha value is 2.21. The van der Waals surface area contributed by atoms with Crippen LogP contribution in [0.5, 0.6) is 0 Å². The van der Waals surface area contributed by atoms with Crippen LogP contribution in [-0.4, -0.2) is 125 Å². The SMILES string of the molecule is O=C(O)CCCCCCCCCCCCCCC(=O)O.[KH].[KH]. The fraction of sp³-hybridized carbons (Fsp3) is 0.875. The van der Waals surface area contributed by atoms with Crippen molar-refractivity contribution in [1.82, 2.24) is 0 Å². The van der Waals surface area contributed by atoms with Crippen LogP contribution in [0.1, 0.15) is 89.9 Å². The second-order valence-corrected chi connectivity index (χ2v) is 5.53. The third kappa shape index (κ3) is 27.1. The van der Waals surface area contributed by atoms with E-state index in [1.807, 2.05) is 0 Å². The molecule has 22 heavy (non-hydrogen) atoms. The molecule has 0 radical (unpaired) electrons. The Labute approximate surface area is 220 Å². The van der Waals surface area contributed by atoms with Crippen LogP contribution in [0.25, 0.3) is 0 Å². The number of hydrogen-bond acceptors (Lipinski definition) is 2. The molecule has 0 aliphatic carbocycles. The molecule has 0 aromatic heterocycles. The van der Waals surface area contributed by atoms with E-state index < -0.39 is 11.9 Å². The van der Waals surface area contributed by atoms with Crippen molar-refractivity contribution in [1.29, 1.82) is 0 Å². The molecule has 4 nitrogen and oxygen atoms in total. The molecule has 6 heteroatoms. The van der Waals surface area contributed by atoms with E-state index in [9.17, 15) is 9.59 Å². The molecule has 0 fully saturated rings. The summed E-state index contributed by atoms with van der Waals surface area (Å²) in [4.78, 5) is 20.6. The maximum atomic E-state index is 10.3. The molecule has 0 heterocycles. The number of carboxylic acid groups (broad SMARTS) is 2. The second kappa shape index (κ2) is 23.2. The number of rotatable bonds is 15. The second-order valence-electron chi connectivity index (χ2n) is 5.53. The Morgan fingerprint density at radius 3 is 0.818 bits per heavy atom. The number of carbonyl (C=O) groups is 2. The van der Waals surface area contributed by atoms with Crippen molar-refractivity contribution >= 4 is 115 Å². The minimum atomic E-state index is -0.687. The maximum absolute atomic E-state index is 10.3. The molecule has 0 amide bonds. The molecule has 0 unspecified atom stereocenters. The summed E-state index contributed by atoms with van der Waals surface area (Å²) in [5.41, 5.74) is 0. The van der Waals surface area contributed by atoms with Gasteiger partial charge in [0.2, 0.25) is 0 Å². The molecule has 122 valence electrons. The van der Waals surface area contributed by atoms with E-state index in [0.29, 0.717) is 12.8 Å². The standard InChI is InChI=1S/C16H30O4.2K.2H/c17-15(18)13-11-9-7-5-3-1-2-4-6-8-10-12-14-16(19)20;;;;/h1-14H2,(H,17,18)(H,19,20);;;;. The summed E-state index contributed by atoms with van der Waals surface area (Å²) < 4.78 is 0. The van der Waals surface area contributed by atoms with Crippen molar-refractivity contribution in [2.75, 3.05) is 0 Å². The Balaban J connectivity index is -0.00000180. The van der Waals surface area contributed by atoms with Gasteiger partial charge >= 0.3 is 115 Å². The van der Waals surface area contributed by atoms with Gasteiger partial charge in [0.05, 0.1) is 0 Å². The van der Waals surface area contributed by atoms with Crippen molar-refractivity contribution in [3.05, 3.63) is 0 Å². The molecule has 0 bridgehead atoms. The first-order valence-electron chi connectivity index (χ1n) is 8.06. The molecule has 2 N–H and O–H groups in total. The van der Waals surface area contributed by atoms with E-state index in [-0.39, 0.29) is 103 Å². The third-order valence-electron chi connectivity index (χ3n) is 3.53. The van der Waals surface area contributed by atoms with Gasteiger partial charge in [-0.3, -0.25) is 9.59 Å². The fourth-order valence-electron chi connectivity index (χ4n) is 2.32. The summed E-state index contributed by atoms with van der Waals surface area (Å²) in [7, 11) is 0. The van der Waals surface area contributed by atoms with Crippen LogP contribution in [0.4, 0.5) is 0 Å². The molecule has 0 saturated carbocycles. The monoisotopic (exact) mass is 366 g/mol. The first-order chi connectivity index (χ1) is 9.63. The zero-order valence-electron chi connectivity index (χ0n) is 12.6. The van der Waals surface area contributed by atoms with E-state index in [1.165, 1.54) is 38.5 Å². The van der Waals surface area contributed by atoms with Crippen LogP contribution in [-0.2, 0) is 9.59 Å². The van der Waals surface area contributed by atoms with Gasteiger partial charge in [-0.05, 0) is 12.8 Å². The van der Waals surface area contributed by atoms with E-state index in [4.69, 9.17) is 10.2 Å². The summed E-state index contributed by atoms with van der Waals surface area (Å²) in [6, 6.07) is 0. The van der Waals surface area contributed by atoms with E-state index in [0.717, 1.165) is 38.5 Å². The zero-order chi connectivity index (χ0) is 15.1. The fourth-order valence-corrected chi connectivity index (χ4v) is 2.32. The normalized spacial score (nSPS) is 9.64. The van der Waals surface area contributed by atoms with Crippen molar-refractivity contribution in [2.24, 2.45) is 0 Å². The number of unbranched alkanes of at least 4 members (excludes halogenated alkanes) is 11. The minimum absolute atomic E-state index is 0. The van der Waals surface area contributed by atoms with Gasteiger partial charge < -0.3 is 10.2 Å². The Kier molecular flexibility index (Phi) is 30.6. The quantitative estimate of drug-likeness (QED) is 0.344. The average Bonchev–Trinajstić information content (AvgIpc) is 2.38. The van der Waals surface area contributed by atoms with Crippen molar-refractivity contribution in [3.8, 4) is 0 Å². The number of carboxylic acids is 2. The molecule has 0 spiro atoms. The van der Waals surface area contributed by atoms with Gasteiger partial charge in [-0.25, -0.2) is 0 Å². The van der Waals surface area contributed by atoms with Crippen LogP contribution in [0, 0.1) is 0 Å². The predicted octanol–water partition coefficient (Wildman–Crippen LogP) is 3.32. The Morgan fingerprint density at radius 2 is 0.636 bits per heavy atom. The first kappa shape index (κ1) is 29.0. The molecule has 0 aromatic carbocycles. The van der Waals surface area contributed by atoms with Gasteiger partial charge in [0.1, 0.15) is 0 Å². The molecule has 0 atom stereocenters. The van der Waals surface area contributed by atoms with E-state index in [1.54, 1.807) is 0 Å². The topological polar surface area (TPSA) is 74.6 Å². The molecule has 0 aromatic rings. The van der Waals surface area contributed by atoms with Crippen molar-refractivity contribution in [2.45, 2.75) is 89.9 Å². The van der Waals surface area contributed by atoms with Gasteiger partial charge in [0.25, 0.3) is 0 Å². The van der Waals surface area contributed by atoms with Gasteiger partial charge in [0, 0.05) is 12.8 Å². The van der Waals surface area contributed by atoms with Crippen LogP contribution in [0.3, 0.4) is 0 Å². The van der Waals surface area contributed by atoms with E-state index in [2.05, 4.69) is 0 Å². The molecule has 0 rings (SSSR count). The average molecular weight is 367 g/mol. The van der Waals surface area contributed by atoms with Crippen molar-refractivity contribution in [3.63, 3.8) is 0 Å². The van der Waals surface area contributed by atoms with Gasteiger partial charge in [-0.2, -0.15) is 0 Å². The molecular formula is C16H32K2O4. The van der Waals surface area contributed by atoms with Crippen LogP contribution in [0.2, 0.25) is 0 Å². The molecular weight excluding hydrogens is 334 g/mol. The summed E-state index contributed by atoms with van der Waals surface area (Å²) in [5.74, 6) is -1.37. The Morgan fingerprint density at radius 1 is 0.455 bits per heavy atom. The van der Waals surface area contributed by atoms with Crippen molar-refractivity contribution < 1.29 is 19.8 Å². The van der Waals surface area contributed by atoms with Crippen LogP contribution in [0.15, 0.2) is 0 Å². The molecule has 0 saturated heterocycles. The number of aliphatic carboxylic acids is 2. The summed E-state index contributed by atoms with van der Waals surface area (Å²) >= 11 is 0. The molecule has 0 aliphatic rings. The van der Waals surface area contributed by atoms with E-state index >= 15 is 0 Å². The van der Waals surface area contributed by atoms with Crippen LogP contribution < -0.4 is 0 Å². The summed E-state index contributed by atoms with van der Waals surface area (Å²) in [5, 5.41) is 17.0.